The summed E-state index contributed by atoms with van der Waals surface area (Å²) in [6.45, 7) is 2.17. The number of carbonyl (C=O) groups is 2. The van der Waals surface area contributed by atoms with Crippen LogP contribution in [0.1, 0.15) is 35.8 Å². The summed E-state index contributed by atoms with van der Waals surface area (Å²) in [5.74, 6) is -0.593. The molecule has 3 aromatic rings. The number of benzene rings is 2. The van der Waals surface area contributed by atoms with Gasteiger partial charge in [-0.2, -0.15) is 0 Å². The second-order valence-corrected chi connectivity index (χ2v) is 6.63. The molecule has 0 atom stereocenters. The van der Waals surface area contributed by atoms with Crippen molar-refractivity contribution in [3.63, 3.8) is 0 Å². The molecule has 1 aromatic heterocycles. The molecule has 2 N–H and O–H groups in total. The van der Waals surface area contributed by atoms with Gasteiger partial charge in [0.1, 0.15) is 18.1 Å². The minimum Gasteiger partial charge on any atom is -0.486 e. The van der Waals surface area contributed by atoms with Gasteiger partial charge in [-0.1, -0.05) is 48.5 Å². The Kier molecular flexibility index (Phi) is 7.16. The maximum atomic E-state index is 12.8. The van der Waals surface area contributed by atoms with Crippen LogP contribution in [0, 0.1) is 0 Å². The molecule has 0 saturated heterocycles. The van der Waals surface area contributed by atoms with Crippen LogP contribution in [-0.2, 0) is 16.1 Å². The first kappa shape index (κ1) is 21.5. The summed E-state index contributed by atoms with van der Waals surface area (Å²) in [7, 11) is -1.74. The lowest BCUT2D eigenvalue weighted by atomic mass is 9.78. The first-order valence-corrected chi connectivity index (χ1v) is 9.65. The van der Waals surface area contributed by atoms with E-state index in [1.807, 2.05) is 30.3 Å². The number of aromatic nitrogens is 1. The Morgan fingerprint density at radius 1 is 1.03 bits per heavy atom. The fourth-order valence-electron chi connectivity index (χ4n) is 3.02. The van der Waals surface area contributed by atoms with Crippen molar-refractivity contribution in [2.24, 2.45) is 0 Å². The molecule has 8 heteroatoms. The SMILES string of the molecule is CCOC(=O)CCC(=O)c1nc2c(B(O)O)cccc2cc1OCc1ccccc1. The number of carbonyl (C=O) groups excluding carboxylic acids is 2. The third kappa shape index (κ3) is 5.22. The Bertz CT molecular complexity index is 1040. The predicted octanol–water partition coefficient (Wildman–Crippen LogP) is 2.02. The van der Waals surface area contributed by atoms with E-state index >= 15 is 0 Å². The lowest BCUT2D eigenvalue weighted by Gasteiger charge is -2.13. The van der Waals surface area contributed by atoms with Gasteiger partial charge in [-0.05, 0) is 18.6 Å². The first-order valence-electron chi connectivity index (χ1n) is 9.65. The highest BCUT2D eigenvalue weighted by atomic mass is 16.5. The molecule has 154 valence electrons. The van der Waals surface area contributed by atoms with Crippen molar-refractivity contribution < 1.29 is 29.1 Å². The fraction of sp³-hybridized carbons (Fsp3) is 0.227. The number of fused-ring (bicyclic) bond motifs is 1. The number of nitrogens with zero attached hydrogens (tertiary/aromatic N) is 1. The minimum absolute atomic E-state index is 0.0378. The van der Waals surface area contributed by atoms with Gasteiger partial charge < -0.3 is 19.5 Å². The molecule has 0 spiro atoms. The molecule has 0 aliphatic heterocycles. The van der Waals surface area contributed by atoms with Gasteiger partial charge in [0.15, 0.2) is 5.78 Å². The number of esters is 1. The van der Waals surface area contributed by atoms with Crippen molar-refractivity contribution in [1.29, 1.82) is 0 Å². The van der Waals surface area contributed by atoms with E-state index in [1.165, 1.54) is 6.07 Å². The van der Waals surface area contributed by atoms with E-state index in [0.29, 0.717) is 10.9 Å². The van der Waals surface area contributed by atoms with E-state index < -0.39 is 18.9 Å². The Balaban J connectivity index is 1.95. The lowest BCUT2D eigenvalue weighted by molar-refractivity contribution is -0.143. The maximum absolute atomic E-state index is 12.8. The molecule has 0 fully saturated rings. The zero-order valence-electron chi connectivity index (χ0n) is 16.6. The van der Waals surface area contributed by atoms with Crippen LogP contribution in [0.25, 0.3) is 10.9 Å². The highest BCUT2D eigenvalue weighted by Crippen LogP contribution is 2.25. The summed E-state index contributed by atoms with van der Waals surface area (Å²) in [5, 5.41) is 19.9. The van der Waals surface area contributed by atoms with Gasteiger partial charge in [0.25, 0.3) is 0 Å². The Labute approximate surface area is 174 Å². The van der Waals surface area contributed by atoms with Crippen molar-refractivity contribution in [1.82, 2.24) is 4.98 Å². The van der Waals surface area contributed by atoms with Crippen molar-refractivity contribution in [2.45, 2.75) is 26.4 Å². The fourth-order valence-corrected chi connectivity index (χ4v) is 3.02. The minimum atomic E-state index is -1.74. The zero-order valence-corrected chi connectivity index (χ0v) is 16.6. The average molecular weight is 407 g/mol. The third-order valence-corrected chi connectivity index (χ3v) is 4.48. The second kappa shape index (κ2) is 10.0. The van der Waals surface area contributed by atoms with Crippen LogP contribution >= 0.6 is 0 Å². The van der Waals surface area contributed by atoms with Crippen LogP contribution in [0.2, 0.25) is 0 Å². The van der Waals surface area contributed by atoms with E-state index in [1.54, 1.807) is 25.1 Å². The van der Waals surface area contributed by atoms with E-state index in [2.05, 4.69) is 4.98 Å². The maximum Gasteiger partial charge on any atom is 0.490 e. The number of ketones is 1. The quantitative estimate of drug-likeness (QED) is 0.318. The molecule has 0 radical (unpaired) electrons. The van der Waals surface area contributed by atoms with Gasteiger partial charge in [0, 0.05) is 17.3 Å². The molecule has 0 saturated carbocycles. The monoisotopic (exact) mass is 407 g/mol. The normalized spacial score (nSPS) is 10.6. The highest BCUT2D eigenvalue weighted by Gasteiger charge is 2.22. The zero-order chi connectivity index (χ0) is 21.5. The summed E-state index contributed by atoms with van der Waals surface area (Å²) in [5.41, 5.74) is 1.43. The summed E-state index contributed by atoms with van der Waals surface area (Å²) in [6.07, 6.45) is -0.169. The molecule has 0 amide bonds. The van der Waals surface area contributed by atoms with Gasteiger partial charge in [-0.25, -0.2) is 4.98 Å². The highest BCUT2D eigenvalue weighted by molar-refractivity contribution is 6.61. The first-order chi connectivity index (χ1) is 14.5. The molecule has 0 aliphatic rings. The molecular weight excluding hydrogens is 385 g/mol. The van der Waals surface area contributed by atoms with Crippen LogP contribution in [0.3, 0.4) is 0 Å². The van der Waals surface area contributed by atoms with Crippen molar-refractivity contribution in [3.8, 4) is 5.75 Å². The van der Waals surface area contributed by atoms with Crippen LogP contribution in [-0.4, -0.2) is 40.5 Å². The van der Waals surface area contributed by atoms with Crippen molar-refractivity contribution in [3.05, 3.63) is 65.9 Å². The van der Waals surface area contributed by atoms with Gasteiger partial charge in [0.05, 0.1) is 18.5 Å². The van der Waals surface area contributed by atoms with Gasteiger partial charge >= 0.3 is 13.1 Å². The Hall–Kier alpha value is -3.23. The third-order valence-electron chi connectivity index (χ3n) is 4.48. The molecular formula is C22H22BNO6. The summed E-state index contributed by atoms with van der Waals surface area (Å²) in [6, 6.07) is 16.1. The smallest absolute Gasteiger partial charge is 0.486 e. The molecule has 7 nitrogen and oxygen atoms in total. The van der Waals surface area contributed by atoms with Crippen molar-refractivity contribution in [2.75, 3.05) is 6.61 Å². The molecule has 2 aromatic carbocycles. The number of hydrogen-bond acceptors (Lipinski definition) is 7. The average Bonchev–Trinajstić information content (AvgIpc) is 2.75. The molecule has 0 aliphatic carbocycles. The molecule has 1 heterocycles. The van der Waals surface area contributed by atoms with E-state index in [9.17, 15) is 19.6 Å². The Morgan fingerprint density at radius 3 is 2.50 bits per heavy atom. The topological polar surface area (TPSA) is 106 Å². The standard InChI is InChI=1S/C22H22BNO6/c1-2-29-20(26)12-11-18(25)22-19(30-14-15-7-4-3-5-8-15)13-16-9-6-10-17(23(27)28)21(16)24-22/h3-10,13,27-28H,2,11-12,14H2,1H3. The molecule has 30 heavy (non-hydrogen) atoms. The van der Waals surface area contributed by atoms with Crippen LogP contribution in [0.4, 0.5) is 0 Å². The number of ether oxygens (including phenoxy) is 2. The van der Waals surface area contributed by atoms with Gasteiger partial charge in [-0.15, -0.1) is 0 Å². The Morgan fingerprint density at radius 2 is 1.80 bits per heavy atom. The predicted molar refractivity (Wildman–Crippen MR) is 113 cm³/mol. The molecule has 0 unspecified atom stereocenters. The van der Waals surface area contributed by atoms with Crippen LogP contribution < -0.4 is 10.2 Å². The van der Waals surface area contributed by atoms with E-state index in [-0.39, 0.29) is 43.0 Å². The van der Waals surface area contributed by atoms with E-state index in [0.717, 1.165) is 5.56 Å². The van der Waals surface area contributed by atoms with Crippen LogP contribution in [0.15, 0.2) is 54.6 Å². The van der Waals surface area contributed by atoms with E-state index in [4.69, 9.17) is 9.47 Å². The summed E-state index contributed by atoms with van der Waals surface area (Å²) >= 11 is 0. The molecule has 0 bridgehead atoms. The van der Waals surface area contributed by atoms with Gasteiger partial charge in [0.2, 0.25) is 0 Å². The van der Waals surface area contributed by atoms with Gasteiger partial charge in [-0.3, -0.25) is 9.59 Å². The number of pyridine rings is 1. The molecule has 3 rings (SSSR count). The largest absolute Gasteiger partial charge is 0.490 e. The lowest BCUT2D eigenvalue weighted by Crippen LogP contribution is -2.31. The summed E-state index contributed by atoms with van der Waals surface area (Å²) in [4.78, 5) is 28.9. The number of para-hydroxylation sites is 1. The second-order valence-electron chi connectivity index (χ2n) is 6.63. The number of Topliss-reactive ketones (excluding diaryl/α,β-unsaturated/α-hetero) is 1. The summed E-state index contributed by atoms with van der Waals surface area (Å²) < 4.78 is 10.8. The number of rotatable bonds is 9. The number of hydrogen-bond donors (Lipinski definition) is 2. The van der Waals surface area contributed by atoms with Crippen LogP contribution in [0.5, 0.6) is 5.75 Å². The van der Waals surface area contributed by atoms with Crippen molar-refractivity contribution >= 4 is 35.2 Å².